The highest BCUT2D eigenvalue weighted by atomic mass is 16.2. The molecule has 2 bridgehead atoms. The Kier molecular flexibility index (Phi) is 3.31. The molecule has 5 aliphatic rings. The Morgan fingerprint density at radius 1 is 0.923 bits per heavy atom. The number of piperidine rings is 2. The fraction of sp³-hybridized carbons (Fsp3) is 0.474. The summed E-state index contributed by atoms with van der Waals surface area (Å²) in [4.78, 5) is 50.0. The van der Waals surface area contributed by atoms with Gasteiger partial charge in [0.15, 0.2) is 0 Å². The van der Waals surface area contributed by atoms with E-state index in [0.717, 1.165) is 23.3 Å². The molecule has 1 saturated carbocycles. The van der Waals surface area contributed by atoms with Crippen LogP contribution < -0.4 is 10.6 Å². The number of rotatable bonds is 2. The van der Waals surface area contributed by atoms with Gasteiger partial charge < -0.3 is 5.32 Å². The normalized spacial score (nSPS) is 33.0. The van der Waals surface area contributed by atoms with Crippen LogP contribution in [0.3, 0.4) is 0 Å². The van der Waals surface area contributed by atoms with E-state index < -0.39 is 23.8 Å². The Labute approximate surface area is 150 Å². The largest absolute Gasteiger partial charge is 0.311 e. The van der Waals surface area contributed by atoms with Crippen LogP contribution in [0.4, 0.5) is 0 Å². The summed E-state index contributed by atoms with van der Waals surface area (Å²) in [6.45, 7) is 0. The maximum Gasteiger partial charge on any atom is 0.262 e. The van der Waals surface area contributed by atoms with Gasteiger partial charge in [0, 0.05) is 18.5 Å². The minimum atomic E-state index is -0.907. The molecule has 4 amide bonds. The summed E-state index contributed by atoms with van der Waals surface area (Å²) in [7, 11) is 0. The lowest BCUT2D eigenvalue weighted by molar-refractivity contribution is -0.136. The number of nitrogens with zero attached hydrogens (tertiary/aromatic N) is 1. The van der Waals surface area contributed by atoms with Crippen molar-refractivity contribution in [2.24, 2.45) is 0 Å². The van der Waals surface area contributed by atoms with Gasteiger partial charge in [-0.1, -0.05) is 6.07 Å². The number of hydrogen-bond acceptors (Lipinski definition) is 5. The third-order valence-electron chi connectivity index (χ3n) is 6.11. The van der Waals surface area contributed by atoms with Crippen LogP contribution in [0, 0.1) is 0 Å². The highest BCUT2D eigenvalue weighted by Gasteiger charge is 2.45. The number of carbonyl (C=O) groups excluding carboxylic acids is 4. The molecule has 3 saturated heterocycles. The van der Waals surface area contributed by atoms with Crippen molar-refractivity contribution < 1.29 is 19.2 Å². The van der Waals surface area contributed by atoms with Crippen molar-refractivity contribution in [3.05, 3.63) is 34.9 Å². The van der Waals surface area contributed by atoms with Gasteiger partial charge in [0.25, 0.3) is 11.8 Å². The van der Waals surface area contributed by atoms with Crippen molar-refractivity contribution in [2.45, 2.75) is 56.1 Å². The topological polar surface area (TPSA) is 95.6 Å². The fourth-order valence-electron chi connectivity index (χ4n) is 4.78. The molecule has 1 aromatic rings. The van der Waals surface area contributed by atoms with E-state index in [1.54, 1.807) is 6.07 Å². The summed E-state index contributed by atoms with van der Waals surface area (Å²) in [6, 6.07) is 5.69. The van der Waals surface area contributed by atoms with Gasteiger partial charge in [-0.2, -0.15) is 0 Å². The van der Waals surface area contributed by atoms with Gasteiger partial charge in [-0.3, -0.25) is 29.4 Å². The summed E-state index contributed by atoms with van der Waals surface area (Å²) in [5, 5.41) is 5.72. The quantitative estimate of drug-likeness (QED) is 0.763. The number of benzene rings is 1. The standard InChI is InChI=1S/C19H19N3O4/c23-16-4-3-15(17(24)21-16)22-18(25)13-2-1-9(7-14(13)19(22)26)10-5-11-8-12(6-10)20-11/h1-2,7,10-12,15,20H,3-6,8H2,(H,21,23,24). The van der Waals surface area contributed by atoms with Crippen LogP contribution >= 0.6 is 0 Å². The van der Waals surface area contributed by atoms with Crippen molar-refractivity contribution in [1.82, 2.24) is 15.5 Å². The molecule has 2 N–H and O–H groups in total. The Morgan fingerprint density at radius 2 is 1.62 bits per heavy atom. The van der Waals surface area contributed by atoms with E-state index in [4.69, 9.17) is 0 Å². The molecule has 4 aliphatic heterocycles. The van der Waals surface area contributed by atoms with Crippen molar-refractivity contribution in [3.8, 4) is 0 Å². The first kappa shape index (κ1) is 15.7. The predicted octanol–water partition coefficient (Wildman–Crippen LogP) is 0.696. The van der Waals surface area contributed by atoms with Crippen LogP contribution in [-0.2, 0) is 9.59 Å². The van der Waals surface area contributed by atoms with E-state index >= 15 is 0 Å². The molecule has 4 fully saturated rings. The monoisotopic (exact) mass is 353 g/mol. The summed E-state index contributed by atoms with van der Waals surface area (Å²) in [5.74, 6) is -1.42. The van der Waals surface area contributed by atoms with E-state index in [1.807, 2.05) is 12.1 Å². The SMILES string of the molecule is O=C1CCC(N2C(=O)c3ccc(C4CC5CC(C4)N5)cc3C2=O)C(=O)N1. The average molecular weight is 353 g/mol. The maximum atomic E-state index is 12.9. The number of amides is 4. The molecule has 26 heavy (non-hydrogen) atoms. The molecule has 0 radical (unpaired) electrons. The lowest BCUT2D eigenvalue weighted by atomic mass is 9.73. The minimum Gasteiger partial charge on any atom is -0.311 e. The minimum absolute atomic E-state index is 0.132. The van der Waals surface area contributed by atoms with Gasteiger partial charge in [-0.05, 0) is 49.3 Å². The number of nitrogens with one attached hydrogen (secondary N) is 2. The molecule has 0 spiro atoms. The highest BCUT2D eigenvalue weighted by Crippen LogP contribution is 2.40. The van der Waals surface area contributed by atoms with E-state index in [1.165, 1.54) is 6.42 Å². The molecule has 1 aliphatic carbocycles. The zero-order valence-corrected chi connectivity index (χ0v) is 14.2. The third-order valence-corrected chi connectivity index (χ3v) is 6.11. The molecular weight excluding hydrogens is 334 g/mol. The van der Waals surface area contributed by atoms with Gasteiger partial charge >= 0.3 is 0 Å². The lowest BCUT2D eigenvalue weighted by Gasteiger charge is -2.46. The first-order chi connectivity index (χ1) is 12.5. The van der Waals surface area contributed by atoms with Crippen LogP contribution in [0.15, 0.2) is 18.2 Å². The van der Waals surface area contributed by atoms with Gasteiger partial charge in [0.05, 0.1) is 11.1 Å². The fourth-order valence-corrected chi connectivity index (χ4v) is 4.78. The van der Waals surface area contributed by atoms with Gasteiger partial charge in [0.2, 0.25) is 11.8 Å². The van der Waals surface area contributed by atoms with Crippen LogP contribution in [0.25, 0.3) is 0 Å². The molecule has 7 heteroatoms. The predicted molar refractivity (Wildman–Crippen MR) is 90.4 cm³/mol. The summed E-state index contributed by atoms with van der Waals surface area (Å²) in [5.41, 5.74) is 1.82. The van der Waals surface area contributed by atoms with Crippen molar-refractivity contribution in [2.75, 3.05) is 0 Å². The Bertz CT molecular complexity index is 848. The van der Waals surface area contributed by atoms with Gasteiger partial charge in [-0.15, -0.1) is 0 Å². The van der Waals surface area contributed by atoms with Crippen molar-refractivity contribution >= 4 is 23.6 Å². The molecule has 7 nitrogen and oxygen atoms in total. The van der Waals surface area contributed by atoms with Crippen LogP contribution in [0.2, 0.25) is 0 Å². The number of imide groups is 2. The Balaban J connectivity index is 1.43. The molecule has 0 aromatic heterocycles. The van der Waals surface area contributed by atoms with E-state index in [2.05, 4.69) is 10.6 Å². The molecule has 1 aromatic carbocycles. The second kappa shape index (κ2) is 5.48. The van der Waals surface area contributed by atoms with Crippen LogP contribution in [0.5, 0.6) is 0 Å². The molecular formula is C19H19N3O4. The van der Waals surface area contributed by atoms with Crippen LogP contribution in [-0.4, -0.2) is 46.7 Å². The van der Waals surface area contributed by atoms with Crippen LogP contribution in [0.1, 0.15) is 64.3 Å². The van der Waals surface area contributed by atoms with E-state index in [0.29, 0.717) is 29.1 Å². The zero-order valence-electron chi connectivity index (χ0n) is 14.2. The number of fused-ring (bicyclic) bond motifs is 3. The van der Waals surface area contributed by atoms with Crippen molar-refractivity contribution in [3.63, 3.8) is 0 Å². The molecule has 4 heterocycles. The zero-order chi connectivity index (χ0) is 18.0. The summed E-state index contributed by atoms with van der Waals surface area (Å²) >= 11 is 0. The lowest BCUT2D eigenvalue weighted by Crippen LogP contribution is -2.57. The summed E-state index contributed by atoms with van der Waals surface area (Å²) < 4.78 is 0. The third kappa shape index (κ3) is 2.23. The summed E-state index contributed by atoms with van der Waals surface area (Å²) in [6.07, 6.45) is 3.64. The smallest absolute Gasteiger partial charge is 0.262 e. The van der Waals surface area contributed by atoms with E-state index in [-0.39, 0.29) is 18.7 Å². The average Bonchev–Trinajstić information content (AvgIpc) is 2.86. The second-order valence-corrected chi connectivity index (χ2v) is 7.72. The first-order valence-corrected chi connectivity index (χ1v) is 9.13. The second-order valence-electron chi connectivity index (χ2n) is 7.72. The number of carbonyl (C=O) groups is 4. The van der Waals surface area contributed by atoms with Crippen molar-refractivity contribution in [1.29, 1.82) is 0 Å². The molecule has 3 atom stereocenters. The molecule has 6 rings (SSSR count). The van der Waals surface area contributed by atoms with E-state index in [9.17, 15) is 19.2 Å². The highest BCUT2D eigenvalue weighted by molar-refractivity contribution is 6.23. The maximum absolute atomic E-state index is 12.9. The van der Waals surface area contributed by atoms with Gasteiger partial charge in [0.1, 0.15) is 6.04 Å². The Hall–Kier alpha value is -2.54. The molecule has 134 valence electrons. The Morgan fingerprint density at radius 3 is 2.31 bits per heavy atom. The van der Waals surface area contributed by atoms with Gasteiger partial charge in [-0.25, -0.2) is 0 Å². The first-order valence-electron chi connectivity index (χ1n) is 9.13. The number of hydrogen-bond donors (Lipinski definition) is 2. The molecule has 3 unspecified atom stereocenters.